The maximum absolute atomic E-state index is 11.7. The lowest BCUT2D eigenvalue weighted by Crippen LogP contribution is -2.34. The molecule has 9 heteroatoms. The first-order chi connectivity index (χ1) is 15.1. The number of hydrogen-bond donors (Lipinski definition) is 0. The Morgan fingerprint density at radius 3 is 1.94 bits per heavy atom. The smallest absolute Gasteiger partial charge is 0.308 e. The van der Waals surface area contributed by atoms with Gasteiger partial charge in [-0.3, -0.25) is 19.2 Å². The Morgan fingerprint density at radius 1 is 0.781 bits per heavy atom. The highest BCUT2D eigenvalue weighted by Gasteiger charge is 2.36. The second-order valence-corrected chi connectivity index (χ2v) is 7.14. The number of fused-ring (bicyclic) bond motifs is 1. The summed E-state index contributed by atoms with van der Waals surface area (Å²) in [6.45, 7) is 5.07. The van der Waals surface area contributed by atoms with E-state index in [-0.39, 0.29) is 17.9 Å². The van der Waals surface area contributed by atoms with E-state index in [2.05, 4.69) is 0 Å². The summed E-state index contributed by atoms with van der Waals surface area (Å²) in [5, 5.41) is 0. The standard InChI is InChI=1S/C23H22O9/c1-12(24)28-17-7-5-16(6-8-17)23-22(31-15(4)27)11-19-20(30-14(3)26)9-18(29-13(2)25)10-21(19)32-23/h5-10,22-23H,11H2,1-4H3/t22-,23-/m1/s1. The molecule has 0 aromatic heterocycles. The molecular formula is C23H22O9. The van der Waals surface area contributed by atoms with E-state index in [4.69, 9.17) is 23.7 Å². The van der Waals surface area contributed by atoms with Gasteiger partial charge in [-0.05, 0) is 17.7 Å². The minimum absolute atomic E-state index is 0.141. The van der Waals surface area contributed by atoms with Gasteiger partial charge in [0.2, 0.25) is 0 Å². The lowest BCUT2D eigenvalue weighted by atomic mass is 9.93. The van der Waals surface area contributed by atoms with Gasteiger partial charge in [-0.25, -0.2) is 0 Å². The Hall–Kier alpha value is -3.88. The van der Waals surface area contributed by atoms with Gasteiger partial charge in [-0.2, -0.15) is 0 Å². The van der Waals surface area contributed by atoms with E-state index in [1.807, 2.05) is 0 Å². The Kier molecular flexibility index (Phi) is 6.77. The largest absolute Gasteiger partial charge is 0.481 e. The van der Waals surface area contributed by atoms with Crippen molar-refractivity contribution in [2.45, 2.75) is 46.3 Å². The third-order valence-corrected chi connectivity index (χ3v) is 4.44. The Morgan fingerprint density at radius 2 is 1.38 bits per heavy atom. The molecule has 0 aliphatic carbocycles. The Bertz CT molecular complexity index is 1060. The van der Waals surface area contributed by atoms with Gasteiger partial charge in [0.25, 0.3) is 0 Å². The molecule has 0 saturated heterocycles. The number of hydrogen-bond acceptors (Lipinski definition) is 9. The Labute approximate surface area is 184 Å². The third-order valence-electron chi connectivity index (χ3n) is 4.44. The van der Waals surface area contributed by atoms with E-state index in [1.165, 1.54) is 39.8 Å². The normalized spacial score (nSPS) is 16.8. The molecule has 32 heavy (non-hydrogen) atoms. The minimum Gasteiger partial charge on any atom is -0.481 e. The highest BCUT2D eigenvalue weighted by atomic mass is 16.6. The summed E-state index contributed by atoms with van der Waals surface area (Å²) in [4.78, 5) is 45.9. The number of esters is 4. The molecule has 0 spiro atoms. The van der Waals surface area contributed by atoms with Gasteiger partial charge in [-0.15, -0.1) is 0 Å². The van der Waals surface area contributed by atoms with Crippen LogP contribution >= 0.6 is 0 Å². The fourth-order valence-corrected chi connectivity index (χ4v) is 3.38. The summed E-state index contributed by atoms with van der Waals surface area (Å²) < 4.78 is 27.1. The Balaban J connectivity index is 2.02. The molecular weight excluding hydrogens is 420 g/mol. The van der Waals surface area contributed by atoms with Crippen LogP contribution in [0.25, 0.3) is 0 Å². The first-order valence-corrected chi connectivity index (χ1v) is 9.78. The van der Waals surface area contributed by atoms with E-state index in [1.54, 1.807) is 24.3 Å². The van der Waals surface area contributed by atoms with E-state index >= 15 is 0 Å². The summed E-state index contributed by atoms with van der Waals surface area (Å²) in [6.07, 6.45) is -1.25. The number of carbonyl (C=O) groups excluding carboxylic acids is 4. The zero-order valence-corrected chi connectivity index (χ0v) is 18.0. The predicted octanol–water partition coefficient (Wildman–Crippen LogP) is 3.07. The number of ether oxygens (including phenoxy) is 5. The molecule has 0 saturated carbocycles. The van der Waals surface area contributed by atoms with Crippen molar-refractivity contribution in [3.63, 3.8) is 0 Å². The van der Waals surface area contributed by atoms with Gasteiger partial charge in [0.05, 0.1) is 0 Å². The molecule has 2 aromatic rings. The van der Waals surface area contributed by atoms with Crippen LogP contribution in [-0.4, -0.2) is 30.0 Å². The molecule has 168 valence electrons. The molecule has 1 aliphatic rings. The SMILES string of the molecule is CC(=O)Oc1ccc([C@H]2Oc3cc(OC(C)=O)cc(OC(C)=O)c3C[C@H]2OC(C)=O)cc1. The van der Waals surface area contributed by atoms with Crippen LogP contribution in [0.1, 0.15) is 44.9 Å². The molecule has 0 bridgehead atoms. The fourth-order valence-electron chi connectivity index (χ4n) is 3.38. The van der Waals surface area contributed by atoms with Crippen LogP contribution < -0.4 is 18.9 Å². The predicted molar refractivity (Wildman–Crippen MR) is 109 cm³/mol. The van der Waals surface area contributed by atoms with Crippen LogP contribution in [0.3, 0.4) is 0 Å². The summed E-state index contributed by atoms with van der Waals surface area (Å²) in [7, 11) is 0. The van der Waals surface area contributed by atoms with Gasteiger partial charge in [-0.1, -0.05) is 12.1 Å². The van der Waals surface area contributed by atoms with E-state index in [0.29, 0.717) is 22.6 Å². The zero-order valence-electron chi connectivity index (χ0n) is 18.0. The second-order valence-electron chi connectivity index (χ2n) is 7.14. The van der Waals surface area contributed by atoms with E-state index < -0.39 is 36.1 Å². The third kappa shape index (κ3) is 5.63. The lowest BCUT2D eigenvalue weighted by molar-refractivity contribution is -0.152. The number of carbonyl (C=O) groups is 4. The van der Waals surface area contributed by atoms with Crippen molar-refractivity contribution in [1.29, 1.82) is 0 Å². The molecule has 0 radical (unpaired) electrons. The van der Waals surface area contributed by atoms with E-state index in [0.717, 1.165) is 0 Å². The molecule has 0 amide bonds. The molecule has 2 aromatic carbocycles. The summed E-state index contributed by atoms with van der Waals surface area (Å²) in [6, 6.07) is 9.48. The van der Waals surface area contributed by atoms with Crippen molar-refractivity contribution >= 4 is 23.9 Å². The highest BCUT2D eigenvalue weighted by molar-refractivity contribution is 5.73. The highest BCUT2D eigenvalue weighted by Crippen LogP contribution is 2.44. The topological polar surface area (TPSA) is 114 Å². The van der Waals surface area contributed by atoms with Crippen molar-refractivity contribution in [2.75, 3.05) is 0 Å². The average Bonchev–Trinajstić information content (AvgIpc) is 2.67. The van der Waals surface area contributed by atoms with Crippen molar-refractivity contribution in [2.24, 2.45) is 0 Å². The van der Waals surface area contributed by atoms with Crippen molar-refractivity contribution < 1.29 is 42.9 Å². The molecule has 1 heterocycles. The first kappa shape index (κ1) is 22.8. The van der Waals surface area contributed by atoms with Crippen LogP contribution in [0.4, 0.5) is 0 Å². The minimum atomic E-state index is -0.728. The van der Waals surface area contributed by atoms with Crippen LogP contribution in [0, 0.1) is 0 Å². The maximum Gasteiger partial charge on any atom is 0.308 e. The summed E-state index contributed by atoms with van der Waals surface area (Å²) >= 11 is 0. The van der Waals surface area contributed by atoms with E-state index in [9.17, 15) is 19.2 Å². The van der Waals surface area contributed by atoms with Gasteiger partial charge in [0.1, 0.15) is 29.1 Å². The van der Waals surface area contributed by atoms with Crippen LogP contribution in [-0.2, 0) is 30.3 Å². The number of benzene rings is 2. The molecule has 0 fully saturated rings. The van der Waals surface area contributed by atoms with Gasteiger partial charge in [0, 0.05) is 51.8 Å². The summed E-state index contributed by atoms with van der Waals surface area (Å²) in [5.41, 5.74) is 1.15. The molecule has 3 rings (SSSR count). The molecule has 0 N–H and O–H groups in total. The van der Waals surface area contributed by atoms with Gasteiger partial charge < -0.3 is 23.7 Å². The van der Waals surface area contributed by atoms with Crippen LogP contribution in [0.2, 0.25) is 0 Å². The molecule has 9 nitrogen and oxygen atoms in total. The van der Waals surface area contributed by atoms with Gasteiger partial charge >= 0.3 is 23.9 Å². The maximum atomic E-state index is 11.7. The van der Waals surface area contributed by atoms with Crippen LogP contribution in [0.5, 0.6) is 23.0 Å². The zero-order chi connectivity index (χ0) is 23.4. The lowest BCUT2D eigenvalue weighted by Gasteiger charge is -2.34. The van der Waals surface area contributed by atoms with Gasteiger partial charge in [0.15, 0.2) is 6.10 Å². The molecule has 0 unspecified atom stereocenters. The monoisotopic (exact) mass is 442 g/mol. The average molecular weight is 442 g/mol. The second kappa shape index (κ2) is 9.51. The molecule has 1 aliphatic heterocycles. The number of rotatable bonds is 5. The van der Waals surface area contributed by atoms with Crippen LogP contribution in [0.15, 0.2) is 36.4 Å². The quantitative estimate of drug-likeness (QED) is 0.509. The molecule has 2 atom stereocenters. The van der Waals surface area contributed by atoms with Crippen molar-refractivity contribution in [3.05, 3.63) is 47.5 Å². The first-order valence-electron chi connectivity index (χ1n) is 9.78. The van der Waals surface area contributed by atoms with Crippen molar-refractivity contribution in [1.82, 2.24) is 0 Å². The summed E-state index contributed by atoms with van der Waals surface area (Å²) in [5.74, 6) is -1.12. The van der Waals surface area contributed by atoms with Crippen molar-refractivity contribution in [3.8, 4) is 23.0 Å². The fraction of sp³-hybridized carbons (Fsp3) is 0.304.